The third-order valence-electron chi connectivity index (χ3n) is 4.88. The molecule has 0 atom stereocenters. The van der Waals surface area contributed by atoms with Crippen molar-refractivity contribution in [2.24, 2.45) is 10.9 Å². The van der Waals surface area contributed by atoms with E-state index < -0.39 is 0 Å². The number of hydrogen-bond acceptors (Lipinski definition) is 4. The summed E-state index contributed by atoms with van der Waals surface area (Å²) >= 11 is 0. The third kappa shape index (κ3) is 2.46. The minimum atomic E-state index is 0.0549. The minimum absolute atomic E-state index is 0.0549. The van der Waals surface area contributed by atoms with Crippen molar-refractivity contribution in [1.29, 1.82) is 0 Å². The van der Waals surface area contributed by atoms with E-state index in [-0.39, 0.29) is 11.7 Å². The van der Waals surface area contributed by atoms with Crippen LogP contribution in [0.15, 0.2) is 9.79 Å². The number of aromatic nitrogens is 2. The molecular formula is C17H23N3O2. The Morgan fingerprint density at radius 1 is 1.23 bits per heavy atom. The van der Waals surface area contributed by atoms with Gasteiger partial charge in [-0.05, 0) is 50.9 Å². The van der Waals surface area contributed by atoms with E-state index in [2.05, 4.69) is 16.9 Å². The van der Waals surface area contributed by atoms with Crippen LogP contribution in [-0.2, 0) is 13.0 Å². The molecule has 1 aromatic rings. The first kappa shape index (κ1) is 14.0. The zero-order valence-corrected chi connectivity index (χ0v) is 13.2. The topological polar surface area (TPSA) is 56.5 Å². The Morgan fingerprint density at radius 3 is 2.68 bits per heavy atom. The number of aliphatic imine (C=N–C) groups is 1. The molecule has 1 aromatic heterocycles. The second-order valence-electron chi connectivity index (χ2n) is 6.73. The summed E-state index contributed by atoms with van der Waals surface area (Å²) < 4.78 is 7.78. The van der Waals surface area contributed by atoms with Crippen LogP contribution in [0.25, 0.3) is 0 Å². The van der Waals surface area contributed by atoms with Gasteiger partial charge in [-0.15, -0.1) is 0 Å². The van der Waals surface area contributed by atoms with Gasteiger partial charge in [0.1, 0.15) is 6.10 Å². The highest BCUT2D eigenvalue weighted by molar-refractivity contribution is 5.96. The first-order chi connectivity index (χ1) is 10.8. The summed E-state index contributed by atoms with van der Waals surface area (Å²) in [4.78, 5) is 22.0. The van der Waals surface area contributed by atoms with E-state index >= 15 is 0 Å². The fraction of sp³-hybridized carbons (Fsp3) is 0.706. The van der Waals surface area contributed by atoms with Gasteiger partial charge in [-0.2, -0.15) is 4.98 Å². The average molecular weight is 301 g/mol. The van der Waals surface area contributed by atoms with Crippen LogP contribution < -0.4 is 10.3 Å². The Labute approximate surface area is 130 Å². The molecule has 0 bridgehead atoms. The Hall–Kier alpha value is -1.65. The van der Waals surface area contributed by atoms with Gasteiger partial charge in [-0.25, -0.2) is 4.99 Å². The lowest BCUT2D eigenvalue weighted by Gasteiger charge is -2.17. The fourth-order valence-corrected chi connectivity index (χ4v) is 3.49. The molecule has 5 nitrogen and oxygen atoms in total. The van der Waals surface area contributed by atoms with Gasteiger partial charge in [0, 0.05) is 18.7 Å². The molecule has 0 aromatic carbocycles. The SMILES string of the molecule is CCCn1c(OC2CCCC2)nc2c(c1=O)CC(C1CC1)=N2. The van der Waals surface area contributed by atoms with E-state index in [1.807, 2.05) is 0 Å². The number of hydrogen-bond donors (Lipinski definition) is 0. The van der Waals surface area contributed by atoms with E-state index in [9.17, 15) is 4.79 Å². The minimum Gasteiger partial charge on any atom is -0.461 e. The smallest absolute Gasteiger partial charge is 0.301 e. The van der Waals surface area contributed by atoms with Crippen LogP contribution in [0.2, 0.25) is 0 Å². The van der Waals surface area contributed by atoms with Crippen molar-refractivity contribution in [3.8, 4) is 6.01 Å². The highest BCUT2D eigenvalue weighted by Gasteiger charge is 2.33. The van der Waals surface area contributed by atoms with Gasteiger partial charge in [0.25, 0.3) is 5.56 Å². The number of rotatable bonds is 5. The lowest BCUT2D eigenvalue weighted by molar-refractivity contribution is 0.179. The molecular weight excluding hydrogens is 278 g/mol. The van der Waals surface area contributed by atoms with Crippen molar-refractivity contribution in [1.82, 2.24) is 9.55 Å². The Balaban J connectivity index is 1.70. The Bertz CT molecular complexity index is 667. The first-order valence-electron chi connectivity index (χ1n) is 8.64. The number of nitrogens with zero attached hydrogens (tertiary/aromatic N) is 3. The Kier molecular flexibility index (Phi) is 3.51. The summed E-state index contributed by atoms with van der Waals surface area (Å²) in [5.74, 6) is 1.21. The van der Waals surface area contributed by atoms with E-state index in [1.54, 1.807) is 4.57 Å². The molecule has 22 heavy (non-hydrogen) atoms. The molecule has 2 heterocycles. The first-order valence-corrected chi connectivity index (χ1v) is 8.64. The molecule has 1 aliphatic heterocycles. The summed E-state index contributed by atoms with van der Waals surface area (Å²) in [5.41, 5.74) is 1.98. The lowest BCUT2D eigenvalue weighted by Crippen LogP contribution is -2.28. The molecule has 2 saturated carbocycles. The molecule has 0 saturated heterocycles. The number of ether oxygens (including phenoxy) is 1. The maximum atomic E-state index is 12.8. The molecule has 4 rings (SSSR count). The molecule has 0 amide bonds. The molecule has 2 aliphatic carbocycles. The average Bonchev–Trinajstić information content (AvgIpc) is 3.06. The van der Waals surface area contributed by atoms with E-state index in [0.717, 1.165) is 30.5 Å². The molecule has 5 heteroatoms. The van der Waals surface area contributed by atoms with Crippen LogP contribution in [0.3, 0.4) is 0 Å². The molecule has 0 N–H and O–H groups in total. The largest absolute Gasteiger partial charge is 0.461 e. The summed E-state index contributed by atoms with van der Waals surface area (Å²) in [6.45, 7) is 2.74. The van der Waals surface area contributed by atoms with Gasteiger partial charge >= 0.3 is 6.01 Å². The van der Waals surface area contributed by atoms with Gasteiger partial charge in [-0.3, -0.25) is 9.36 Å². The monoisotopic (exact) mass is 301 g/mol. The second-order valence-corrected chi connectivity index (χ2v) is 6.73. The predicted molar refractivity (Wildman–Crippen MR) is 85.2 cm³/mol. The van der Waals surface area contributed by atoms with Gasteiger partial charge in [0.05, 0.1) is 5.56 Å². The second kappa shape index (κ2) is 5.52. The van der Waals surface area contributed by atoms with E-state index in [1.165, 1.54) is 25.7 Å². The highest BCUT2D eigenvalue weighted by Crippen LogP contribution is 2.37. The normalized spacial score (nSPS) is 21.0. The van der Waals surface area contributed by atoms with Crippen LogP contribution >= 0.6 is 0 Å². The van der Waals surface area contributed by atoms with Crippen molar-refractivity contribution in [3.05, 3.63) is 15.9 Å². The maximum absolute atomic E-state index is 12.8. The highest BCUT2D eigenvalue weighted by atomic mass is 16.5. The molecule has 0 unspecified atom stereocenters. The van der Waals surface area contributed by atoms with Gasteiger partial charge in [0.2, 0.25) is 0 Å². The molecule has 3 aliphatic rings. The maximum Gasteiger partial charge on any atom is 0.301 e. The van der Waals surface area contributed by atoms with Crippen molar-refractivity contribution >= 4 is 11.5 Å². The molecule has 0 spiro atoms. The quantitative estimate of drug-likeness (QED) is 0.840. The fourth-order valence-electron chi connectivity index (χ4n) is 3.49. The molecule has 2 fully saturated rings. The zero-order valence-electron chi connectivity index (χ0n) is 13.2. The molecule has 0 radical (unpaired) electrons. The standard InChI is InChI=1S/C17H23N3O2/c1-2-9-20-16(21)13-10-14(11-7-8-11)18-15(13)19-17(20)22-12-5-3-4-6-12/h11-12H,2-10H2,1H3. The summed E-state index contributed by atoms with van der Waals surface area (Å²) in [7, 11) is 0. The Morgan fingerprint density at radius 2 is 2.00 bits per heavy atom. The summed E-state index contributed by atoms with van der Waals surface area (Å²) in [6, 6.07) is 0.485. The summed E-state index contributed by atoms with van der Waals surface area (Å²) in [5, 5.41) is 0. The van der Waals surface area contributed by atoms with Crippen LogP contribution in [-0.4, -0.2) is 21.4 Å². The third-order valence-corrected chi connectivity index (χ3v) is 4.88. The summed E-state index contributed by atoms with van der Waals surface area (Å²) in [6.07, 6.45) is 8.77. The van der Waals surface area contributed by atoms with Gasteiger partial charge in [0.15, 0.2) is 5.82 Å². The van der Waals surface area contributed by atoms with Crippen LogP contribution in [0.4, 0.5) is 5.82 Å². The van der Waals surface area contributed by atoms with E-state index in [4.69, 9.17) is 4.74 Å². The van der Waals surface area contributed by atoms with Crippen LogP contribution in [0, 0.1) is 5.92 Å². The van der Waals surface area contributed by atoms with Gasteiger partial charge < -0.3 is 4.74 Å². The van der Waals surface area contributed by atoms with Crippen molar-refractivity contribution in [3.63, 3.8) is 0 Å². The van der Waals surface area contributed by atoms with Crippen molar-refractivity contribution < 1.29 is 4.74 Å². The predicted octanol–water partition coefficient (Wildman–Crippen LogP) is 3.01. The lowest BCUT2D eigenvalue weighted by atomic mass is 10.1. The van der Waals surface area contributed by atoms with Crippen LogP contribution in [0.5, 0.6) is 6.01 Å². The zero-order chi connectivity index (χ0) is 15.1. The van der Waals surface area contributed by atoms with Crippen molar-refractivity contribution in [2.75, 3.05) is 0 Å². The number of fused-ring (bicyclic) bond motifs is 1. The van der Waals surface area contributed by atoms with E-state index in [0.29, 0.717) is 30.7 Å². The van der Waals surface area contributed by atoms with Crippen LogP contribution in [0.1, 0.15) is 57.4 Å². The van der Waals surface area contributed by atoms with Crippen molar-refractivity contribution in [2.45, 2.75) is 70.9 Å². The molecule has 118 valence electrons. The van der Waals surface area contributed by atoms with Gasteiger partial charge in [-0.1, -0.05) is 6.92 Å².